The summed E-state index contributed by atoms with van der Waals surface area (Å²) in [5, 5.41) is 6.47. The van der Waals surface area contributed by atoms with E-state index in [1.54, 1.807) is 41.8 Å². The highest BCUT2D eigenvalue weighted by Crippen LogP contribution is 2.42. The van der Waals surface area contributed by atoms with Crippen LogP contribution in [0.15, 0.2) is 73.1 Å². The number of nitrogens with zero attached hydrogens (tertiary/aromatic N) is 8. The summed E-state index contributed by atoms with van der Waals surface area (Å²) in [6.07, 6.45) is 5.91. The van der Waals surface area contributed by atoms with Crippen LogP contribution in [0.5, 0.6) is 0 Å². The van der Waals surface area contributed by atoms with Crippen molar-refractivity contribution < 1.29 is 23.0 Å². The van der Waals surface area contributed by atoms with E-state index in [1.807, 2.05) is 54.4 Å². The van der Waals surface area contributed by atoms with E-state index in [0.29, 0.717) is 73.6 Å². The Morgan fingerprint density at radius 3 is 2.31 bits per heavy atom. The molecule has 3 amide bonds. The van der Waals surface area contributed by atoms with Crippen molar-refractivity contribution in [3.63, 3.8) is 0 Å². The minimum Gasteiger partial charge on any atom is -0.371 e. The summed E-state index contributed by atoms with van der Waals surface area (Å²) >= 11 is -0.169. The van der Waals surface area contributed by atoms with E-state index < -0.39 is 17.0 Å². The van der Waals surface area contributed by atoms with Gasteiger partial charge in [-0.15, -0.1) is 11.3 Å². The van der Waals surface area contributed by atoms with Gasteiger partial charge in [-0.25, -0.2) is 32.8 Å². The van der Waals surface area contributed by atoms with Gasteiger partial charge in [-0.3, -0.25) is 24.4 Å². The van der Waals surface area contributed by atoms with Crippen molar-refractivity contribution in [3.8, 4) is 21.8 Å². The number of rotatable bonds is 12. The van der Waals surface area contributed by atoms with Gasteiger partial charge >= 0.3 is 0 Å². The molecule has 0 spiro atoms. The second-order valence-electron chi connectivity index (χ2n) is 17.4. The molecule has 15 nitrogen and oxygen atoms in total. The number of halogens is 1. The van der Waals surface area contributed by atoms with Gasteiger partial charge in [-0.1, -0.05) is 45.9 Å². The Labute approximate surface area is 379 Å². The molecule has 3 aliphatic rings. The number of carbonyl (C=O) groups is 3. The van der Waals surface area contributed by atoms with Crippen molar-refractivity contribution in [1.82, 2.24) is 34.5 Å². The lowest BCUT2D eigenvalue weighted by Gasteiger charge is -2.39. The number of piperidine rings is 2. The predicted octanol–water partition coefficient (Wildman–Crippen LogP) is 6.87. The van der Waals surface area contributed by atoms with Gasteiger partial charge in [0.05, 0.1) is 44.8 Å². The number of imide groups is 1. The fraction of sp³-hybridized carbons (Fsp3) is 0.413. The van der Waals surface area contributed by atoms with Gasteiger partial charge in [0.15, 0.2) is 17.0 Å². The van der Waals surface area contributed by atoms with Crippen LogP contribution in [0.1, 0.15) is 69.9 Å². The standard InChI is InChI=1S/C46H54FN11O4S2/c1-6-55(5)64(62)54-35-9-7-8-34(39(35)47)40-41(63-44(53-40)46(2,3)4)36-18-21-48-45(50-36)51-37-16-14-32(28-49-37)57-24-26-58(27-25-57)43(61)30-19-22-56(23-20-30)31-12-10-29(11-13-31)33-15-17-38(59)52-42(33)60/h7-14,16,18,21,28,30,33,54H,6,15,17,19-20,22-27H2,1-5H3,(H,52,59,60)(H,48,49,50,51). The van der Waals surface area contributed by atoms with E-state index in [0.717, 1.165) is 47.9 Å². The highest BCUT2D eigenvalue weighted by atomic mass is 32.2. The third-order valence-electron chi connectivity index (χ3n) is 12.0. The maximum absolute atomic E-state index is 16.1. The second-order valence-corrected chi connectivity index (χ2v) is 19.7. The molecule has 0 radical (unpaired) electrons. The lowest BCUT2D eigenvalue weighted by molar-refractivity contribution is -0.136. The molecule has 3 aliphatic heterocycles. The maximum Gasteiger partial charge on any atom is 0.234 e. The van der Waals surface area contributed by atoms with E-state index in [1.165, 1.54) is 11.3 Å². The molecule has 8 rings (SSSR count). The van der Waals surface area contributed by atoms with Crippen molar-refractivity contribution in [2.75, 3.05) is 72.7 Å². The highest BCUT2D eigenvalue weighted by Gasteiger charge is 2.32. The average molecular weight is 908 g/mol. The topological polar surface area (TPSA) is 169 Å². The van der Waals surface area contributed by atoms with Gasteiger partial charge < -0.3 is 20.0 Å². The molecular weight excluding hydrogens is 854 g/mol. The predicted molar refractivity (Wildman–Crippen MR) is 250 cm³/mol. The molecule has 3 N–H and O–H groups in total. The van der Waals surface area contributed by atoms with Gasteiger partial charge in [-0.2, -0.15) is 0 Å². The number of aromatic nitrogens is 4. The summed E-state index contributed by atoms with van der Waals surface area (Å²) in [7, 11) is 1.70. The van der Waals surface area contributed by atoms with Crippen LogP contribution in [0.2, 0.25) is 0 Å². The summed E-state index contributed by atoms with van der Waals surface area (Å²) in [5.74, 6) is -0.210. The first-order valence-electron chi connectivity index (χ1n) is 21.7. The Hall–Kier alpha value is -5.85. The van der Waals surface area contributed by atoms with Crippen LogP contribution in [0.3, 0.4) is 0 Å². The number of anilines is 5. The lowest BCUT2D eigenvalue weighted by Crippen LogP contribution is -2.51. The highest BCUT2D eigenvalue weighted by molar-refractivity contribution is 7.84. The third kappa shape index (κ3) is 9.93. The number of nitrogens with one attached hydrogen (secondary N) is 3. The average Bonchev–Trinajstić information content (AvgIpc) is 3.76. The van der Waals surface area contributed by atoms with Gasteiger partial charge in [0.25, 0.3) is 0 Å². The fourth-order valence-corrected chi connectivity index (χ4v) is 9.99. The van der Waals surface area contributed by atoms with Crippen LogP contribution in [0.4, 0.5) is 33.2 Å². The maximum atomic E-state index is 16.1. The molecule has 3 saturated heterocycles. The fourth-order valence-electron chi connectivity index (χ4n) is 8.14. The first-order chi connectivity index (χ1) is 30.7. The monoisotopic (exact) mass is 907 g/mol. The van der Waals surface area contributed by atoms with Crippen LogP contribution >= 0.6 is 11.3 Å². The minimum atomic E-state index is -1.62. The van der Waals surface area contributed by atoms with Crippen molar-refractivity contribution in [2.45, 2.75) is 64.7 Å². The molecule has 64 heavy (non-hydrogen) atoms. The zero-order chi connectivity index (χ0) is 45.1. The molecule has 336 valence electrons. The van der Waals surface area contributed by atoms with E-state index in [9.17, 15) is 18.6 Å². The Morgan fingerprint density at radius 2 is 1.64 bits per heavy atom. The van der Waals surface area contributed by atoms with Gasteiger partial charge in [0.1, 0.15) is 5.82 Å². The number of piperazine rings is 1. The van der Waals surface area contributed by atoms with Crippen molar-refractivity contribution in [3.05, 3.63) is 89.4 Å². The largest absolute Gasteiger partial charge is 0.371 e. The molecule has 0 saturated carbocycles. The number of pyridine rings is 1. The molecular formula is C46H54FN11O4S2. The summed E-state index contributed by atoms with van der Waals surface area (Å²) in [6.45, 7) is 12.8. The van der Waals surface area contributed by atoms with Crippen LogP contribution < -0.4 is 25.2 Å². The minimum absolute atomic E-state index is 0.0120. The number of benzene rings is 2. The number of hydrogen-bond acceptors (Lipinski definition) is 12. The molecule has 2 unspecified atom stereocenters. The summed E-state index contributed by atoms with van der Waals surface area (Å²) < 4.78 is 33.2. The summed E-state index contributed by atoms with van der Waals surface area (Å²) in [5.41, 5.74) is 4.04. The Kier molecular flexibility index (Phi) is 13.3. The molecule has 0 aliphatic carbocycles. The quantitative estimate of drug-likeness (QED) is 0.112. The van der Waals surface area contributed by atoms with E-state index in [4.69, 9.17) is 9.97 Å². The van der Waals surface area contributed by atoms with Crippen molar-refractivity contribution in [2.24, 2.45) is 5.92 Å². The number of carbonyl (C=O) groups excluding carboxylic acids is 3. The molecule has 2 atom stereocenters. The molecule has 3 aromatic heterocycles. The molecule has 2 aromatic carbocycles. The SMILES string of the molecule is CCN(C)S(=O)Nc1cccc(-c2nc(C(C)(C)C)sc2-c2ccnc(Nc3ccc(N4CCN(C(=O)C5CCN(c6ccc(C7CCC(=O)NC7=O)cc6)CC5)CC4)cn3)n2)c1F. The van der Waals surface area contributed by atoms with Crippen molar-refractivity contribution >= 4 is 69.1 Å². The van der Waals surface area contributed by atoms with Crippen LogP contribution in [-0.4, -0.2) is 104 Å². The summed E-state index contributed by atoms with van der Waals surface area (Å²) in [6, 6.07) is 18.6. The van der Waals surface area contributed by atoms with Crippen LogP contribution in [0.25, 0.3) is 21.8 Å². The Bertz CT molecular complexity index is 2520. The van der Waals surface area contributed by atoms with E-state index >= 15 is 4.39 Å². The van der Waals surface area contributed by atoms with Gasteiger partial charge in [0, 0.05) is 88.1 Å². The number of amides is 3. The van der Waals surface area contributed by atoms with Crippen LogP contribution in [0, 0.1) is 11.7 Å². The van der Waals surface area contributed by atoms with E-state index in [-0.39, 0.29) is 46.2 Å². The van der Waals surface area contributed by atoms with E-state index in [2.05, 4.69) is 55.9 Å². The number of hydrogen-bond donors (Lipinski definition) is 3. The van der Waals surface area contributed by atoms with Crippen LogP contribution in [-0.2, 0) is 31.0 Å². The lowest BCUT2D eigenvalue weighted by atomic mass is 9.90. The normalized spacial score (nSPS) is 18.0. The zero-order valence-corrected chi connectivity index (χ0v) is 38.4. The van der Waals surface area contributed by atoms with Crippen molar-refractivity contribution in [1.29, 1.82) is 0 Å². The number of thiazole rings is 1. The first kappa shape index (κ1) is 44.7. The van der Waals surface area contributed by atoms with Gasteiger partial charge in [0.2, 0.25) is 23.7 Å². The second kappa shape index (κ2) is 19.1. The smallest absolute Gasteiger partial charge is 0.234 e. The molecule has 6 heterocycles. The Morgan fingerprint density at radius 1 is 0.922 bits per heavy atom. The molecule has 18 heteroatoms. The first-order valence-corrected chi connectivity index (χ1v) is 23.7. The molecule has 5 aromatic rings. The molecule has 0 bridgehead atoms. The third-order valence-corrected chi connectivity index (χ3v) is 14.7. The summed E-state index contributed by atoms with van der Waals surface area (Å²) in [4.78, 5) is 63.6. The molecule has 3 fully saturated rings. The van der Waals surface area contributed by atoms with Gasteiger partial charge in [-0.05, 0) is 67.3 Å². The zero-order valence-electron chi connectivity index (χ0n) is 36.8. The Balaban J connectivity index is 0.862.